The number of likely N-dealkylation sites (tertiary alicyclic amines) is 1. The third-order valence-corrected chi connectivity index (χ3v) is 4.10. The molecule has 1 N–H and O–H groups in total. The molecule has 6 heteroatoms. The van der Waals surface area contributed by atoms with Gasteiger partial charge in [-0.15, -0.1) is 0 Å². The molecule has 1 amide bonds. The second-order valence-electron chi connectivity index (χ2n) is 5.40. The molecule has 0 aromatic carbocycles. The summed E-state index contributed by atoms with van der Waals surface area (Å²) in [5.41, 5.74) is 0.414. The minimum Gasteiger partial charge on any atom is -0.369 e. The van der Waals surface area contributed by atoms with Gasteiger partial charge >= 0.3 is 0 Å². The van der Waals surface area contributed by atoms with Crippen molar-refractivity contribution in [1.29, 1.82) is 0 Å². The monoisotopic (exact) mass is 291 g/mol. The van der Waals surface area contributed by atoms with Crippen LogP contribution in [0.3, 0.4) is 0 Å². The maximum atomic E-state index is 12.5. The van der Waals surface area contributed by atoms with Gasteiger partial charge in [0, 0.05) is 32.7 Å². The number of hydrogen-bond acceptors (Lipinski definition) is 5. The molecular formula is C15H25N5O. The van der Waals surface area contributed by atoms with Crippen LogP contribution in [-0.2, 0) is 0 Å². The molecule has 0 radical (unpaired) electrons. The molecule has 1 aromatic rings. The number of piperidine rings is 1. The number of anilines is 1. The summed E-state index contributed by atoms with van der Waals surface area (Å²) in [5, 5.41) is 3.07. The maximum Gasteiger partial charge on any atom is 0.274 e. The number of carbonyl (C=O) groups is 1. The maximum absolute atomic E-state index is 12.5. The van der Waals surface area contributed by atoms with Gasteiger partial charge in [0.05, 0.1) is 12.4 Å². The number of amides is 1. The number of carbonyl (C=O) groups excluding carboxylic acids is 1. The second-order valence-corrected chi connectivity index (χ2v) is 5.40. The first kappa shape index (κ1) is 15.7. The zero-order chi connectivity index (χ0) is 15.2. The highest BCUT2D eigenvalue weighted by Crippen LogP contribution is 2.17. The summed E-state index contributed by atoms with van der Waals surface area (Å²) >= 11 is 0. The Balaban J connectivity index is 1.95. The first-order valence-corrected chi connectivity index (χ1v) is 7.71. The molecule has 21 heavy (non-hydrogen) atoms. The van der Waals surface area contributed by atoms with Gasteiger partial charge in [0.15, 0.2) is 0 Å². The molecule has 6 nitrogen and oxygen atoms in total. The van der Waals surface area contributed by atoms with Gasteiger partial charge in [0.1, 0.15) is 11.5 Å². The molecule has 0 bridgehead atoms. The van der Waals surface area contributed by atoms with Gasteiger partial charge in [-0.3, -0.25) is 4.79 Å². The van der Waals surface area contributed by atoms with Crippen molar-refractivity contribution in [2.45, 2.75) is 32.7 Å². The normalized spacial score (nSPS) is 16.7. The number of nitrogens with one attached hydrogen (secondary N) is 1. The van der Waals surface area contributed by atoms with E-state index in [1.54, 1.807) is 12.4 Å². The molecule has 0 aliphatic carbocycles. The Hall–Kier alpha value is -1.69. The van der Waals surface area contributed by atoms with Gasteiger partial charge in [0.25, 0.3) is 5.91 Å². The van der Waals surface area contributed by atoms with Gasteiger partial charge in [-0.05, 0) is 26.3 Å². The van der Waals surface area contributed by atoms with Gasteiger partial charge in [-0.1, -0.05) is 6.92 Å². The van der Waals surface area contributed by atoms with Crippen LogP contribution in [0.15, 0.2) is 12.4 Å². The molecule has 1 saturated heterocycles. The van der Waals surface area contributed by atoms with Crippen LogP contribution in [0.25, 0.3) is 0 Å². The van der Waals surface area contributed by atoms with E-state index in [4.69, 9.17) is 0 Å². The van der Waals surface area contributed by atoms with Gasteiger partial charge in [-0.25, -0.2) is 9.97 Å². The van der Waals surface area contributed by atoms with Gasteiger partial charge < -0.3 is 15.1 Å². The molecule has 116 valence electrons. The fraction of sp³-hybridized carbons (Fsp3) is 0.667. The topological polar surface area (TPSA) is 61.4 Å². The highest BCUT2D eigenvalue weighted by molar-refractivity contribution is 5.92. The summed E-state index contributed by atoms with van der Waals surface area (Å²) in [6, 6.07) is 0.301. The van der Waals surface area contributed by atoms with Gasteiger partial charge in [0.2, 0.25) is 0 Å². The highest BCUT2D eigenvalue weighted by atomic mass is 16.2. The summed E-state index contributed by atoms with van der Waals surface area (Å²) in [5.74, 6) is 0.661. The predicted octanol–water partition coefficient (Wildman–Crippen LogP) is 1.46. The van der Waals surface area contributed by atoms with Gasteiger partial charge in [-0.2, -0.15) is 0 Å². The van der Waals surface area contributed by atoms with Crippen molar-refractivity contribution in [3.05, 3.63) is 18.1 Å². The lowest BCUT2D eigenvalue weighted by Gasteiger charge is -2.36. The van der Waals surface area contributed by atoms with Crippen molar-refractivity contribution in [2.75, 3.05) is 38.5 Å². The van der Waals surface area contributed by atoms with Crippen LogP contribution >= 0.6 is 0 Å². The minimum atomic E-state index is -0.0412. The van der Waals surface area contributed by atoms with Crippen LogP contribution in [0.1, 0.15) is 37.2 Å². The van der Waals surface area contributed by atoms with Crippen LogP contribution in [0, 0.1) is 0 Å². The molecule has 1 fully saturated rings. The molecule has 0 unspecified atom stereocenters. The van der Waals surface area contributed by atoms with Crippen molar-refractivity contribution in [1.82, 2.24) is 19.8 Å². The van der Waals surface area contributed by atoms with Crippen molar-refractivity contribution in [2.24, 2.45) is 0 Å². The molecule has 1 aliphatic heterocycles. The highest BCUT2D eigenvalue weighted by Gasteiger charge is 2.26. The van der Waals surface area contributed by atoms with E-state index < -0.39 is 0 Å². The van der Waals surface area contributed by atoms with Crippen LogP contribution < -0.4 is 5.32 Å². The predicted molar refractivity (Wildman–Crippen MR) is 83.4 cm³/mol. The van der Waals surface area contributed by atoms with Crippen LogP contribution in [0.4, 0.5) is 5.82 Å². The lowest BCUT2D eigenvalue weighted by molar-refractivity contribution is 0.0640. The third kappa shape index (κ3) is 3.91. The third-order valence-electron chi connectivity index (χ3n) is 4.10. The SMILES string of the molecule is CCNc1cnc(C(=O)N(C)C2CCN(CC)CC2)cn1. The fourth-order valence-electron chi connectivity index (χ4n) is 2.68. The zero-order valence-corrected chi connectivity index (χ0v) is 13.2. The molecule has 0 atom stereocenters. The van der Waals surface area contributed by atoms with E-state index in [9.17, 15) is 4.79 Å². The van der Waals surface area contributed by atoms with E-state index in [0.717, 1.165) is 39.0 Å². The average molecular weight is 291 g/mol. The number of nitrogens with zero attached hydrogens (tertiary/aromatic N) is 4. The Morgan fingerprint density at radius 1 is 1.33 bits per heavy atom. The van der Waals surface area contributed by atoms with Crippen molar-refractivity contribution in [3.8, 4) is 0 Å². The Morgan fingerprint density at radius 3 is 2.57 bits per heavy atom. The minimum absolute atomic E-state index is 0.0412. The average Bonchev–Trinajstić information content (AvgIpc) is 2.54. The number of hydrogen-bond donors (Lipinski definition) is 1. The Bertz CT molecular complexity index is 454. The first-order chi connectivity index (χ1) is 10.2. The van der Waals surface area contributed by atoms with E-state index in [0.29, 0.717) is 17.6 Å². The molecule has 1 aliphatic rings. The Labute approximate surface area is 126 Å². The molecule has 2 rings (SSSR count). The summed E-state index contributed by atoms with van der Waals surface area (Å²) in [4.78, 5) is 25.1. The lowest BCUT2D eigenvalue weighted by Crippen LogP contribution is -2.45. The zero-order valence-electron chi connectivity index (χ0n) is 13.2. The molecular weight excluding hydrogens is 266 g/mol. The Morgan fingerprint density at radius 2 is 2.05 bits per heavy atom. The largest absolute Gasteiger partial charge is 0.369 e. The molecule has 0 spiro atoms. The number of aromatic nitrogens is 2. The summed E-state index contributed by atoms with van der Waals surface area (Å²) in [7, 11) is 1.87. The quantitative estimate of drug-likeness (QED) is 0.890. The van der Waals surface area contributed by atoms with E-state index >= 15 is 0 Å². The summed E-state index contributed by atoms with van der Waals surface area (Å²) in [6.07, 6.45) is 5.22. The van der Waals surface area contributed by atoms with E-state index in [1.807, 2.05) is 18.9 Å². The molecule has 0 saturated carbocycles. The van der Waals surface area contributed by atoms with Crippen molar-refractivity contribution >= 4 is 11.7 Å². The van der Waals surface area contributed by atoms with Crippen LogP contribution in [-0.4, -0.2) is 64.9 Å². The van der Waals surface area contributed by atoms with E-state index in [1.165, 1.54) is 0 Å². The van der Waals surface area contributed by atoms with E-state index in [-0.39, 0.29) is 5.91 Å². The van der Waals surface area contributed by atoms with Crippen molar-refractivity contribution in [3.63, 3.8) is 0 Å². The lowest BCUT2D eigenvalue weighted by atomic mass is 10.0. The van der Waals surface area contributed by atoms with Crippen LogP contribution in [0.5, 0.6) is 0 Å². The van der Waals surface area contributed by atoms with E-state index in [2.05, 4.69) is 27.1 Å². The van der Waals surface area contributed by atoms with Crippen molar-refractivity contribution < 1.29 is 4.79 Å². The summed E-state index contributed by atoms with van der Waals surface area (Å²) in [6.45, 7) is 8.17. The second kappa shape index (κ2) is 7.36. The number of rotatable bonds is 5. The summed E-state index contributed by atoms with van der Waals surface area (Å²) < 4.78 is 0. The standard InChI is InChI=1S/C15H25N5O/c1-4-16-14-11-17-13(10-18-14)15(21)19(3)12-6-8-20(5-2)9-7-12/h10-12H,4-9H2,1-3H3,(H,16,18). The fourth-order valence-corrected chi connectivity index (χ4v) is 2.68. The molecule has 2 heterocycles. The van der Waals surface area contributed by atoms with Crippen LogP contribution in [0.2, 0.25) is 0 Å². The smallest absolute Gasteiger partial charge is 0.274 e. The Kier molecular flexibility index (Phi) is 5.50. The molecule has 1 aromatic heterocycles. The first-order valence-electron chi connectivity index (χ1n) is 7.71.